The smallest absolute Gasteiger partial charge is 0.269 e. The number of imidazole rings is 1. The molecule has 0 saturated carbocycles. The molecule has 38 heavy (non-hydrogen) atoms. The molecule has 0 aliphatic rings. The number of carbonyl (C=O) groups excluding carboxylic acids is 1. The Kier molecular flexibility index (Phi) is 6.18. The van der Waals surface area contributed by atoms with Crippen LogP contribution >= 0.6 is 0 Å². The molecule has 3 aromatic carbocycles. The average molecular weight is 515 g/mol. The molecular formula is C27H20F3N7O. The van der Waals surface area contributed by atoms with E-state index in [4.69, 9.17) is 5.73 Å². The second-order valence-electron chi connectivity index (χ2n) is 8.84. The molecule has 0 unspecified atom stereocenters. The number of nitriles is 1. The molecule has 0 atom stereocenters. The van der Waals surface area contributed by atoms with Crippen LogP contribution in [-0.2, 0) is 6.54 Å². The molecule has 0 spiro atoms. The van der Waals surface area contributed by atoms with Gasteiger partial charge in [-0.2, -0.15) is 10.4 Å². The summed E-state index contributed by atoms with van der Waals surface area (Å²) in [6, 6.07) is 12.3. The van der Waals surface area contributed by atoms with Gasteiger partial charge in [0.05, 0.1) is 17.8 Å². The highest BCUT2D eigenvalue weighted by Crippen LogP contribution is 2.34. The third kappa shape index (κ3) is 4.16. The lowest BCUT2D eigenvalue weighted by atomic mass is 10.0. The van der Waals surface area contributed by atoms with E-state index in [1.54, 1.807) is 29.1 Å². The van der Waals surface area contributed by atoms with E-state index < -0.39 is 23.4 Å². The van der Waals surface area contributed by atoms with Crippen molar-refractivity contribution in [2.75, 3.05) is 14.1 Å². The summed E-state index contributed by atoms with van der Waals surface area (Å²) in [5.74, 6) is -2.52. The number of hydrogen-bond acceptors (Lipinski definition) is 5. The van der Waals surface area contributed by atoms with Gasteiger partial charge in [0.2, 0.25) is 0 Å². The summed E-state index contributed by atoms with van der Waals surface area (Å²) in [7, 11) is 3.78. The van der Waals surface area contributed by atoms with Crippen molar-refractivity contribution in [3.63, 3.8) is 0 Å². The van der Waals surface area contributed by atoms with Gasteiger partial charge >= 0.3 is 0 Å². The number of halogens is 3. The van der Waals surface area contributed by atoms with Gasteiger partial charge in [0, 0.05) is 34.6 Å². The first-order chi connectivity index (χ1) is 18.2. The summed E-state index contributed by atoms with van der Waals surface area (Å²) < 4.78 is 48.2. The molecule has 0 aliphatic heterocycles. The first-order valence-electron chi connectivity index (χ1n) is 11.4. The van der Waals surface area contributed by atoms with Crippen molar-refractivity contribution >= 4 is 16.8 Å². The maximum absolute atomic E-state index is 16.1. The summed E-state index contributed by atoms with van der Waals surface area (Å²) in [6.07, 6.45) is 3.32. The van der Waals surface area contributed by atoms with E-state index >= 15 is 8.78 Å². The minimum atomic E-state index is -0.909. The summed E-state index contributed by atoms with van der Waals surface area (Å²) in [4.78, 5) is 18.3. The van der Waals surface area contributed by atoms with E-state index in [0.717, 1.165) is 10.7 Å². The number of nitrogens with two attached hydrogens (primary N) is 1. The van der Waals surface area contributed by atoms with Crippen molar-refractivity contribution in [2.24, 2.45) is 5.73 Å². The third-order valence-corrected chi connectivity index (χ3v) is 6.03. The lowest BCUT2D eigenvalue weighted by Crippen LogP contribution is -2.14. The van der Waals surface area contributed by atoms with Crippen molar-refractivity contribution in [3.05, 3.63) is 95.5 Å². The average Bonchev–Trinajstić information content (AvgIpc) is 3.50. The molecule has 0 bridgehead atoms. The van der Waals surface area contributed by atoms with Crippen LogP contribution in [0, 0.1) is 28.8 Å². The van der Waals surface area contributed by atoms with Crippen LogP contribution in [0.3, 0.4) is 0 Å². The van der Waals surface area contributed by atoms with Gasteiger partial charge in [-0.1, -0.05) is 6.07 Å². The molecule has 190 valence electrons. The number of fused-ring (bicyclic) bond motifs is 1. The molecule has 2 aromatic heterocycles. The fourth-order valence-electron chi connectivity index (χ4n) is 4.32. The number of aromatic nitrogens is 4. The predicted molar refractivity (Wildman–Crippen MR) is 134 cm³/mol. The molecular weight excluding hydrogens is 495 g/mol. The Labute approximate surface area is 215 Å². The van der Waals surface area contributed by atoms with Crippen molar-refractivity contribution in [1.29, 1.82) is 5.26 Å². The zero-order valence-electron chi connectivity index (χ0n) is 20.3. The standard InChI is InChI=1S/C27H20F3N7O/c1-35(2)14-23-33-9-10-36(23)16-3-5-18(22(29)12-16)19-6-7-20-25(27(32)38)34-37(26(20)24(19)30)17-4-8-21(28)15(11-17)13-31/h3-12H,14H2,1-2H3,(H2,32,38). The number of nitrogens with zero attached hydrogens (tertiary/aromatic N) is 6. The van der Waals surface area contributed by atoms with Crippen molar-refractivity contribution in [1.82, 2.24) is 24.2 Å². The normalized spacial score (nSPS) is 11.3. The molecule has 2 N–H and O–H groups in total. The van der Waals surface area contributed by atoms with Gasteiger partial charge in [-0.15, -0.1) is 0 Å². The minimum Gasteiger partial charge on any atom is -0.364 e. The van der Waals surface area contributed by atoms with Crippen molar-refractivity contribution in [2.45, 2.75) is 6.54 Å². The Morgan fingerprint density at radius 3 is 2.45 bits per heavy atom. The van der Waals surface area contributed by atoms with Crippen LogP contribution in [0.2, 0.25) is 0 Å². The SMILES string of the molecule is CN(C)Cc1nccn1-c1ccc(-c2ccc3c(C(N)=O)nn(-c4ccc(F)c(C#N)c4)c3c2F)c(F)c1. The Balaban J connectivity index is 1.67. The predicted octanol–water partition coefficient (Wildman–Crippen LogP) is 4.33. The quantitative estimate of drug-likeness (QED) is 0.363. The molecule has 8 nitrogen and oxygen atoms in total. The van der Waals surface area contributed by atoms with E-state index in [2.05, 4.69) is 10.1 Å². The Bertz CT molecular complexity index is 1760. The number of carbonyl (C=O) groups is 1. The molecule has 5 rings (SSSR count). The van der Waals surface area contributed by atoms with Crippen molar-refractivity contribution < 1.29 is 18.0 Å². The van der Waals surface area contributed by atoms with Crippen LogP contribution in [0.15, 0.2) is 60.9 Å². The number of amides is 1. The van der Waals surface area contributed by atoms with Crippen LogP contribution in [0.5, 0.6) is 0 Å². The fourth-order valence-corrected chi connectivity index (χ4v) is 4.32. The van der Waals surface area contributed by atoms with Gasteiger partial charge in [-0.3, -0.25) is 4.79 Å². The molecule has 0 radical (unpaired) electrons. The third-order valence-electron chi connectivity index (χ3n) is 6.03. The molecule has 11 heteroatoms. The summed E-state index contributed by atoms with van der Waals surface area (Å²) in [5.41, 5.74) is 5.31. The summed E-state index contributed by atoms with van der Waals surface area (Å²) in [5, 5.41) is 13.4. The van der Waals surface area contributed by atoms with E-state index in [-0.39, 0.29) is 39.0 Å². The van der Waals surface area contributed by atoms with E-state index in [1.807, 2.05) is 19.0 Å². The first kappa shape index (κ1) is 24.7. The van der Waals surface area contributed by atoms with Gasteiger partial charge in [-0.05, 0) is 56.6 Å². The minimum absolute atomic E-state index is 0.0207. The van der Waals surface area contributed by atoms with Gasteiger partial charge in [-0.25, -0.2) is 22.8 Å². The van der Waals surface area contributed by atoms with Gasteiger partial charge in [0.25, 0.3) is 5.91 Å². The van der Waals surface area contributed by atoms with Crippen LogP contribution in [0.4, 0.5) is 13.2 Å². The van der Waals surface area contributed by atoms with Crippen LogP contribution in [0.25, 0.3) is 33.4 Å². The highest BCUT2D eigenvalue weighted by molar-refractivity contribution is 6.05. The fraction of sp³-hybridized carbons (Fsp3) is 0.111. The van der Waals surface area contributed by atoms with Gasteiger partial charge in [0.1, 0.15) is 29.0 Å². The van der Waals surface area contributed by atoms with Gasteiger partial charge < -0.3 is 15.2 Å². The maximum atomic E-state index is 16.1. The number of rotatable bonds is 6. The molecule has 2 heterocycles. The zero-order valence-corrected chi connectivity index (χ0v) is 20.3. The van der Waals surface area contributed by atoms with Crippen molar-refractivity contribution in [3.8, 4) is 28.6 Å². The molecule has 0 saturated heterocycles. The zero-order chi connectivity index (χ0) is 27.1. The summed E-state index contributed by atoms with van der Waals surface area (Å²) in [6.45, 7) is 0.532. The highest BCUT2D eigenvalue weighted by Gasteiger charge is 2.23. The lowest BCUT2D eigenvalue weighted by Gasteiger charge is -2.14. The second-order valence-corrected chi connectivity index (χ2v) is 8.84. The molecule has 1 amide bonds. The summed E-state index contributed by atoms with van der Waals surface area (Å²) >= 11 is 0. The maximum Gasteiger partial charge on any atom is 0.269 e. The Morgan fingerprint density at radius 2 is 1.76 bits per heavy atom. The molecule has 5 aromatic rings. The monoisotopic (exact) mass is 515 g/mol. The first-order valence-corrected chi connectivity index (χ1v) is 11.4. The largest absolute Gasteiger partial charge is 0.364 e. The van der Waals surface area contributed by atoms with E-state index in [1.165, 1.54) is 36.4 Å². The number of primary amides is 1. The number of benzene rings is 3. The highest BCUT2D eigenvalue weighted by atomic mass is 19.1. The Morgan fingerprint density at radius 1 is 1.03 bits per heavy atom. The topological polar surface area (TPSA) is 106 Å². The number of hydrogen-bond donors (Lipinski definition) is 1. The molecule has 0 aliphatic carbocycles. The van der Waals surface area contributed by atoms with Gasteiger partial charge in [0.15, 0.2) is 11.5 Å². The van der Waals surface area contributed by atoms with E-state index in [0.29, 0.717) is 18.1 Å². The van der Waals surface area contributed by atoms with Crippen LogP contribution in [-0.4, -0.2) is 44.2 Å². The van der Waals surface area contributed by atoms with Crippen LogP contribution in [0.1, 0.15) is 21.9 Å². The lowest BCUT2D eigenvalue weighted by molar-refractivity contribution is 0.0996. The Hall–Kier alpha value is -4.95. The molecule has 0 fully saturated rings. The second kappa shape index (κ2) is 9.49. The van der Waals surface area contributed by atoms with E-state index in [9.17, 15) is 14.4 Å². The van der Waals surface area contributed by atoms with Crippen LogP contribution < -0.4 is 5.73 Å².